The summed E-state index contributed by atoms with van der Waals surface area (Å²) in [6.07, 6.45) is 2.12. The lowest BCUT2D eigenvalue weighted by atomic mass is 10.1. The van der Waals surface area contributed by atoms with Gasteiger partial charge in [-0.3, -0.25) is 9.59 Å². The zero-order valence-corrected chi connectivity index (χ0v) is 13.3. The molecule has 1 aromatic rings. The lowest BCUT2D eigenvalue weighted by Gasteiger charge is -2.14. The molecule has 1 rings (SSSR count). The summed E-state index contributed by atoms with van der Waals surface area (Å²) in [5, 5.41) is 16.6. The van der Waals surface area contributed by atoms with Crippen LogP contribution >= 0.6 is 12.2 Å². The first-order valence-corrected chi connectivity index (χ1v) is 6.74. The second kappa shape index (κ2) is 11.2. The minimum absolute atomic E-state index is 0.0556. The molecule has 6 nitrogen and oxygen atoms in total. The summed E-state index contributed by atoms with van der Waals surface area (Å²) in [6, 6.07) is 9.23. The average Bonchev–Trinajstić information content (AvgIpc) is 2.52. The Morgan fingerprint density at radius 2 is 2.05 bits per heavy atom. The first-order chi connectivity index (χ1) is 10.5. The highest BCUT2D eigenvalue weighted by Gasteiger charge is 2.05. The normalized spacial score (nSPS) is 9.82. The number of rotatable bonds is 5. The number of carbonyl (C=O) groups is 2. The van der Waals surface area contributed by atoms with Crippen molar-refractivity contribution in [2.24, 2.45) is 5.10 Å². The van der Waals surface area contributed by atoms with Gasteiger partial charge >= 0.3 is 5.97 Å². The summed E-state index contributed by atoms with van der Waals surface area (Å²) >= 11 is 4.99. The van der Waals surface area contributed by atoms with Gasteiger partial charge in [0.1, 0.15) is 5.71 Å². The number of aldehydes is 1. The van der Waals surface area contributed by atoms with E-state index < -0.39 is 5.97 Å². The van der Waals surface area contributed by atoms with Crippen LogP contribution in [0.2, 0.25) is 0 Å². The van der Waals surface area contributed by atoms with Gasteiger partial charge in [0.2, 0.25) is 0 Å². The van der Waals surface area contributed by atoms with Gasteiger partial charge in [-0.2, -0.15) is 5.10 Å². The number of hydrogen-bond donors (Lipinski definition) is 2. The molecule has 0 radical (unpaired) electrons. The molecule has 0 aliphatic heterocycles. The summed E-state index contributed by atoms with van der Waals surface area (Å²) in [6.45, 7) is 3.22. The molecule has 2 N–H and O–H groups in total. The van der Waals surface area contributed by atoms with Gasteiger partial charge in [-0.25, -0.2) is 5.01 Å². The van der Waals surface area contributed by atoms with Gasteiger partial charge in [0.15, 0.2) is 11.4 Å². The molecule has 0 aliphatic carbocycles. The molecule has 0 saturated carbocycles. The van der Waals surface area contributed by atoms with Crippen molar-refractivity contribution in [3.63, 3.8) is 0 Å². The second-order valence-electron chi connectivity index (χ2n) is 3.93. The largest absolute Gasteiger partial charge is 0.481 e. The molecule has 0 aliphatic rings. The predicted molar refractivity (Wildman–Crippen MR) is 90.9 cm³/mol. The summed E-state index contributed by atoms with van der Waals surface area (Å²) in [5.74, 6) is -0.829. The van der Waals surface area contributed by atoms with E-state index in [0.717, 1.165) is 5.56 Å². The fraction of sp³-hybridized carbons (Fsp3) is 0.200. The zero-order chi connectivity index (χ0) is 17.0. The maximum Gasteiger partial charge on any atom is 0.307 e. The molecule has 0 bridgehead atoms. The van der Waals surface area contributed by atoms with Gasteiger partial charge < -0.3 is 10.4 Å². The van der Waals surface area contributed by atoms with E-state index in [-0.39, 0.29) is 6.42 Å². The average molecular weight is 321 g/mol. The van der Waals surface area contributed by atoms with Gasteiger partial charge in [0, 0.05) is 19.7 Å². The number of benzene rings is 1. The molecule has 7 heteroatoms. The monoisotopic (exact) mass is 321 g/mol. The summed E-state index contributed by atoms with van der Waals surface area (Å²) in [7, 11) is 3.39. The number of nitrogens with zero attached hydrogens (tertiary/aromatic N) is 2. The molecule has 118 valence electrons. The third-order valence-corrected chi connectivity index (χ3v) is 2.73. The van der Waals surface area contributed by atoms with Gasteiger partial charge in [0.05, 0.1) is 6.42 Å². The Balaban J connectivity index is 0.000000626. The number of carboxylic acid groups (broad SMARTS) is 1. The van der Waals surface area contributed by atoms with E-state index in [1.807, 2.05) is 30.3 Å². The molecule has 22 heavy (non-hydrogen) atoms. The van der Waals surface area contributed by atoms with Gasteiger partial charge in [-0.05, 0) is 12.2 Å². The third kappa shape index (κ3) is 7.91. The molecule has 0 atom stereocenters. The second-order valence-corrected chi connectivity index (χ2v) is 4.32. The molecule has 0 heterocycles. The number of carboxylic acids is 1. The topological polar surface area (TPSA) is 82.0 Å². The van der Waals surface area contributed by atoms with E-state index in [1.165, 1.54) is 11.1 Å². The van der Waals surface area contributed by atoms with Crippen LogP contribution in [0.4, 0.5) is 0 Å². The minimum atomic E-state index is -0.829. The minimum Gasteiger partial charge on any atom is -0.481 e. The SMILES string of the molecule is C=CCC(=O)O.CNC(=S)N(C)N=C(C=O)c1ccccc1. The lowest BCUT2D eigenvalue weighted by molar-refractivity contribution is -0.136. The fourth-order valence-electron chi connectivity index (χ4n) is 1.25. The summed E-state index contributed by atoms with van der Waals surface area (Å²) < 4.78 is 0. The number of thiocarbonyl (C=S) groups is 1. The Morgan fingerprint density at radius 3 is 2.41 bits per heavy atom. The van der Waals surface area contributed by atoms with Crippen LogP contribution in [0.3, 0.4) is 0 Å². The van der Waals surface area contributed by atoms with Crippen molar-refractivity contribution in [3.8, 4) is 0 Å². The van der Waals surface area contributed by atoms with Crippen LogP contribution in [0.25, 0.3) is 0 Å². The summed E-state index contributed by atoms with van der Waals surface area (Å²) in [5.41, 5.74) is 1.11. The zero-order valence-electron chi connectivity index (χ0n) is 12.5. The number of hydrazone groups is 1. The molecule has 0 fully saturated rings. The van der Waals surface area contributed by atoms with Gasteiger partial charge in [0.25, 0.3) is 0 Å². The first kappa shape index (κ1) is 19.5. The van der Waals surface area contributed by atoms with E-state index in [0.29, 0.717) is 17.1 Å². The van der Waals surface area contributed by atoms with E-state index in [9.17, 15) is 9.59 Å². The maximum atomic E-state index is 10.9. The molecule has 0 amide bonds. The Bertz CT molecular complexity index is 544. The summed E-state index contributed by atoms with van der Waals surface area (Å²) in [4.78, 5) is 20.5. The van der Waals surface area contributed by atoms with Crippen molar-refractivity contribution in [2.75, 3.05) is 14.1 Å². The van der Waals surface area contributed by atoms with Crippen LogP contribution in [-0.4, -0.2) is 47.3 Å². The number of hydrogen-bond acceptors (Lipinski definition) is 4. The van der Waals surface area contributed by atoms with E-state index >= 15 is 0 Å². The van der Waals surface area contributed by atoms with Crippen LogP contribution in [0, 0.1) is 0 Å². The Hall–Kier alpha value is -2.54. The van der Waals surface area contributed by atoms with E-state index in [1.54, 1.807) is 14.1 Å². The van der Waals surface area contributed by atoms with Crippen LogP contribution < -0.4 is 5.32 Å². The number of aliphatic carboxylic acids is 1. The molecular weight excluding hydrogens is 302 g/mol. The lowest BCUT2D eigenvalue weighted by Crippen LogP contribution is -2.31. The van der Waals surface area contributed by atoms with Crippen molar-refractivity contribution in [1.29, 1.82) is 0 Å². The van der Waals surface area contributed by atoms with Crippen molar-refractivity contribution in [2.45, 2.75) is 6.42 Å². The maximum absolute atomic E-state index is 10.9. The highest BCUT2D eigenvalue weighted by Crippen LogP contribution is 2.01. The van der Waals surface area contributed by atoms with Crippen molar-refractivity contribution in [3.05, 3.63) is 48.6 Å². The molecule has 0 spiro atoms. The molecule has 1 aromatic carbocycles. The van der Waals surface area contributed by atoms with Crippen molar-refractivity contribution < 1.29 is 14.7 Å². The quantitative estimate of drug-likeness (QED) is 0.282. The molecule has 0 aromatic heterocycles. The van der Waals surface area contributed by atoms with Crippen LogP contribution in [0.15, 0.2) is 48.1 Å². The Kier molecular flexibility index (Phi) is 9.87. The highest BCUT2D eigenvalue weighted by molar-refractivity contribution is 7.80. The number of nitrogens with one attached hydrogen (secondary N) is 1. The fourth-order valence-corrected chi connectivity index (χ4v) is 1.29. The van der Waals surface area contributed by atoms with Crippen LogP contribution in [0.1, 0.15) is 12.0 Å². The van der Waals surface area contributed by atoms with Gasteiger partial charge in [-0.15, -0.1) is 6.58 Å². The van der Waals surface area contributed by atoms with Crippen molar-refractivity contribution in [1.82, 2.24) is 10.3 Å². The first-order valence-electron chi connectivity index (χ1n) is 6.33. The van der Waals surface area contributed by atoms with Crippen LogP contribution in [-0.2, 0) is 9.59 Å². The van der Waals surface area contributed by atoms with Crippen LogP contribution in [0.5, 0.6) is 0 Å². The predicted octanol–water partition coefficient (Wildman–Crippen LogP) is 1.67. The van der Waals surface area contributed by atoms with Crippen molar-refractivity contribution >= 4 is 35.3 Å². The Labute approximate surface area is 135 Å². The number of carbonyl (C=O) groups excluding carboxylic acids is 1. The Morgan fingerprint density at radius 1 is 1.45 bits per heavy atom. The third-order valence-electron chi connectivity index (χ3n) is 2.27. The van der Waals surface area contributed by atoms with E-state index in [2.05, 4.69) is 17.0 Å². The van der Waals surface area contributed by atoms with Gasteiger partial charge in [-0.1, -0.05) is 36.4 Å². The molecule has 0 unspecified atom stereocenters. The smallest absolute Gasteiger partial charge is 0.307 e. The van der Waals surface area contributed by atoms with E-state index in [4.69, 9.17) is 17.3 Å². The molecule has 0 saturated heterocycles. The molecular formula is C15H19N3O3S. The highest BCUT2D eigenvalue weighted by atomic mass is 32.1. The standard InChI is InChI=1S/C11H13N3OS.C4H6O2/c1-12-11(16)14(2)13-10(8-15)9-6-4-3-5-7-9;1-2-3-4(5)6/h3-8H,1-2H3,(H,12,16);2H,1,3H2,(H,5,6).